The van der Waals surface area contributed by atoms with Crippen molar-refractivity contribution in [3.05, 3.63) is 40.6 Å². The van der Waals surface area contributed by atoms with Crippen LogP contribution >= 0.6 is 23.2 Å². The Balaban J connectivity index is 2.16. The summed E-state index contributed by atoms with van der Waals surface area (Å²) in [5.74, 6) is 3.45. The third-order valence-electron chi connectivity index (χ3n) is 1.98. The van der Waals surface area contributed by atoms with Gasteiger partial charge in [-0.15, -0.1) is 6.42 Å². The molecule has 0 saturated carbocycles. The van der Waals surface area contributed by atoms with Gasteiger partial charge in [-0.3, -0.25) is 0 Å². The Morgan fingerprint density at radius 1 is 1.05 bits per heavy atom. The molecule has 1 aromatic carbocycles. The van der Waals surface area contributed by atoms with Crippen molar-refractivity contribution >= 4 is 23.2 Å². The highest BCUT2D eigenvalue weighted by molar-refractivity contribution is 6.34. The molecule has 0 aliphatic rings. The lowest BCUT2D eigenvalue weighted by molar-refractivity contribution is 0.350. The van der Waals surface area contributed by atoms with Crippen LogP contribution in [0.5, 0.6) is 17.5 Å². The van der Waals surface area contributed by atoms with E-state index in [9.17, 15) is 0 Å². The lowest BCUT2D eigenvalue weighted by Crippen LogP contribution is -1.97. The first-order valence-electron chi connectivity index (χ1n) is 5.19. The number of halogens is 2. The normalized spacial score (nSPS) is 9.74. The second-order valence-corrected chi connectivity index (χ2v) is 4.27. The molecule has 0 spiro atoms. The zero-order chi connectivity index (χ0) is 13.7. The highest BCUT2D eigenvalue weighted by Crippen LogP contribution is 2.28. The van der Waals surface area contributed by atoms with Gasteiger partial charge < -0.3 is 9.47 Å². The highest BCUT2D eigenvalue weighted by Gasteiger charge is 2.04. The molecule has 0 bridgehead atoms. The predicted molar refractivity (Wildman–Crippen MR) is 72.9 cm³/mol. The maximum absolute atomic E-state index is 5.87. The lowest BCUT2D eigenvalue weighted by Gasteiger charge is -2.06. The number of hydrogen-bond acceptors (Lipinski definition) is 4. The second kappa shape index (κ2) is 6.28. The van der Waals surface area contributed by atoms with Crippen molar-refractivity contribution in [2.75, 3.05) is 6.61 Å². The van der Waals surface area contributed by atoms with Gasteiger partial charge in [0, 0.05) is 10.0 Å². The molecular weight excluding hydrogens is 287 g/mol. The van der Waals surface area contributed by atoms with Gasteiger partial charge in [-0.25, -0.2) is 9.97 Å². The van der Waals surface area contributed by atoms with Crippen molar-refractivity contribution in [1.29, 1.82) is 0 Å². The van der Waals surface area contributed by atoms with Crippen LogP contribution in [0.3, 0.4) is 0 Å². The summed E-state index contributed by atoms with van der Waals surface area (Å²) < 4.78 is 10.7. The highest BCUT2D eigenvalue weighted by atomic mass is 35.5. The summed E-state index contributed by atoms with van der Waals surface area (Å²) in [6.45, 7) is 0.124. The molecule has 0 atom stereocenters. The van der Waals surface area contributed by atoms with Gasteiger partial charge in [0.05, 0.1) is 6.07 Å². The van der Waals surface area contributed by atoms with Gasteiger partial charge in [0.25, 0.3) is 0 Å². The van der Waals surface area contributed by atoms with E-state index in [-0.39, 0.29) is 6.61 Å². The predicted octanol–water partition coefficient (Wildman–Crippen LogP) is 3.59. The molecule has 2 rings (SSSR count). The smallest absolute Gasteiger partial charge is 0.226 e. The monoisotopic (exact) mass is 294 g/mol. The molecule has 96 valence electrons. The van der Waals surface area contributed by atoms with E-state index in [4.69, 9.17) is 39.1 Å². The second-order valence-electron chi connectivity index (χ2n) is 3.39. The van der Waals surface area contributed by atoms with E-state index in [1.165, 1.54) is 12.4 Å². The van der Waals surface area contributed by atoms with Gasteiger partial charge >= 0.3 is 0 Å². The number of benzene rings is 1. The number of rotatable bonds is 4. The molecule has 6 heteroatoms. The van der Waals surface area contributed by atoms with Crippen LogP contribution in [-0.2, 0) is 0 Å². The summed E-state index contributed by atoms with van der Waals surface area (Å²) in [6, 6.07) is 6.37. The fourth-order valence-corrected chi connectivity index (χ4v) is 1.79. The van der Waals surface area contributed by atoms with Gasteiger partial charge in [-0.2, -0.15) is 0 Å². The number of terminal acetylenes is 1. The topological polar surface area (TPSA) is 44.2 Å². The van der Waals surface area contributed by atoms with Crippen LogP contribution in [0.25, 0.3) is 0 Å². The SMILES string of the molecule is C#CCOc1cc(Oc2cc(Cl)cc(Cl)c2)ncn1. The Hall–Kier alpha value is -1.96. The van der Waals surface area contributed by atoms with Crippen LogP contribution in [0.2, 0.25) is 10.0 Å². The molecule has 0 aliphatic heterocycles. The molecule has 0 N–H and O–H groups in total. The Morgan fingerprint density at radius 2 is 1.74 bits per heavy atom. The van der Waals surface area contributed by atoms with Crippen LogP contribution in [0, 0.1) is 12.3 Å². The number of aromatic nitrogens is 2. The molecule has 1 aromatic heterocycles. The van der Waals surface area contributed by atoms with Crippen LogP contribution in [0.15, 0.2) is 30.6 Å². The Labute approximate surface area is 120 Å². The van der Waals surface area contributed by atoms with E-state index >= 15 is 0 Å². The first kappa shape index (κ1) is 13.5. The summed E-state index contributed by atoms with van der Waals surface area (Å²) in [5.41, 5.74) is 0. The van der Waals surface area contributed by atoms with Gasteiger partial charge in [0.15, 0.2) is 6.61 Å². The molecule has 0 fully saturated rings. The van der Waals surface area contributed by atoms with E-state index in [1.54, 1.807) is 18.2 Å². The van der Waals surface area contributed by atoms with Gasteiger partial charge in [0.1, 0.15) is 12.1 Å². The first-order valence-corrected chi connectivity index (χ1v) is 5.95. The molecule has 0 aliphatic carbocycles. The Bertz CT molecular complexity index is 606. The van der Waals surface area contributed by atoms with Crippen molar-refractivity contribution in [2.45, 2.75) is 0 Å². The van der Waals surface area contributed by atoms with E-state index < -0.39 is 0 Å². The van der Waals surface area contributed by atoms with Crippen LogP contribution in [-0.4, -0.2) is 16.6 Å². The van der Waals surface area contributed by atoms with Crippen molar-refractivity contribution in [2.24, 2.45) is 0 Å². The maximum atomic E-state index is 5.87. The summed E-state index contributed by atoms with van der Waals surface area (Å²) in [6.07, 6.45) is 6.41. The molecule has 4 nitrogen and oxygen atoms in total. The van der Waals surface area contributed by atoms with E-state index in [0.717, 1.165) is 0 Å². The number of nitrogens with zero attached hydrogens (tertiary/aromatic N) is 2. The zero-order valence-corrected chi connectivity index (χ0v) is 11.1. The lowest BCUT2D eigenvalue weighted by atomic mass is 10.3. The Kier molecular flexibility index (Phi) is 4.45. The summed E-state index contributed by atoms with van der Waals surface area (Å²) in [4.78, 5) is 7.84. The van der Waals surface area contributed by atoms with Crippen LogP contribution < -0.4 is 9.47 Å². The number of ether oxygens (including phenoxy) is 2. The molecular formula is C13H8Cl2N2O2. The van der Waals surface area contributed by atoms with Crippen LogP contribution in [0.4, 0.5) is 0 Å². The average Bonchev–Trinajstić information content (AvgIpc) is 2.35. The van der Waals surface area contributed by atoms with E-state index in [1.807, 2.05) is 0 Å². The minimum absolute atomic E-state index is 0.124. The summed E-state index contributed by atoms with van der Waals surface area (Å²) in [7, 11) is 0. The summed E-state index contributed by atoms with van der Waals surface area (Å²) in [5, 5.41) is 0.945. The van der Waals surface area contributed by atoms with Crippen molar-refractivity contribution in [3.8, 4) is 29.9 Å². The molecule has 0 radical (unpaired) electrons. The van der Waals surface area contributed by atoms with Crippen molar-refractivity contribution in [1.82, 2.24) is 9.97 Å². The average molecular weight is 295 g/mol. The quantitative estimate of drug-likeness (QED) is 0.809. The minimum atomic E-state index is 0.124. The minimum Gasteiger partial charge on any atom is -0.464 e. The standard InChI is InChI=1S/C13H8Cl2N2O2/c1-2-3-18-12-7-13(17-8-16-12)19-11-5-9(14)4-10(15)6-11/h1,4-8H,3H2. The first-order chi connectivity index (χ1) is 9.17. The third kappa shape index (κ3) is 4.02. The molecule has 19 heavy (non-hydrogen) atoms. The molecule has 2 aromatic rings. The fraction of sp³-hybridized carbons (Fsp3) is 0.0769. The van der Waals surface area contributed by atoms with Gasteiger partial charge in [-0.1, -0.05) is 29.1 Å². The molecule has 0 saturated heterocycles. The van der Waals surface area contributed by atoms with Crippen molar-refractivity contribution in [3.63, 3.8) is 0 Å². The molecule has 0 amide bonds. The van der Waals surface area contributed by atoms with E-state index in [0.29, 0.717) is 27.6 Å². The van der Waals surface area contributed by atoms with Gasteiger partial charge in [-0.05, 0) is 18.2 Å². The maximum Gasteiger partial charge on any atom is 0.226 e. The number of hydrogen-bond donors (Lipinski definition) is 0. The Morgan fingerprint density at radius 3 is 2.42 bits per heavy atom. The summed E-state index contributed by atoms with van der Waals surface area (Å²) >= 11 is 11.7. The van der Waals surface area contributed by atoms with Crippen LogP contribution in [0.1, 0.15) is 0 Å². The van der Waals surface area contributed by atoms with E-state index in [2.05, 4.69) is 15.9 Å². The fourth-order valence-electron chi connectivity index (χ4n) is 1.28. The largest absolute Gasteiger partial charge is 0.464 e. The zero-order valence-electron chi connectivity index (χ0n) is 9.64. The molecule has 0 unspecified atom stereocenters. The third-order valence-corrected chi connectivity index (χ3v) is 2.42. The van der Waals surface area contributed by atoms with Crippen molar-refractivity contribution < 1.29 is 9.47 Å². The molecule has 1 heterocycles. The van der Waals surface area contributed by atoms with Gasteiger partial charge in [0.2, 0.25) is 11.8 Å².